The molecule has 1 N–H and O–H groups in total. The van der Waals surface area contributed by atoms with Gasteiger partial charge in [-0.25, -0.2) is 9.97 Å². The van der Waals surface area contributed by atoms with Crippen molar-refractivity contribution in [2.24, 2.45) is 5.92 Å². The van der Waals surface area contributed by atoms with Crippen LogP contribution in [0.5, 0.6) is 0 Å². The van der Waals surface area contributed by atoms with Gasteiger partial charge in [-0.15, -0.1) is 0 Å². The third-order valence-electron chi connectivity index (χ3n) is 8.06. The molecule has 1 saturated heterocycles. The van der Waals surface area contributed by atoms with Crippen LogP contribution in [-0.4, -0.2) is 72.1 Å². The number of aryl methyl sites for hydroxylation is 2. The number of benzene rings is 2. The number of Topliss-reactive ketones (excluding diaryl/α,β-unsaturated/α-hetero) is 1. The standard InChI is InChI=1S/C33H37IN6O4/c1-19-11-24(25-15-35-22(4)36-16-25)14-27-30(21(3)41)38-39(31(19)27)17-29(42)40-28(12-20(2)32(40)34)33(43)37-26(18-44-5)13-23-9-7-6-8-10-23/h6-11,14-16,20,26,28,32H,12-13,17-18H2,1-5H3,(H,37,43)/t20-,26?,28-,32-/m0/s1. The van der Waals surface area contributed by atoms with Crippen LogP contribution in [0, 0.1) is 19.8 Å². The Labute approximate surface area is 270 Å². The molecule has 44 heavy (non-hydrogen) atoms. The monoisotopic (exact) mass is 708 g/mol. The van der Waals surface area contributed by atoms with Crippen molar-refractivity contribution in [3.8, 4) is 11.1 Å². The van der Waals surface area contributed by atoms with Crippen molar-refractivity contribution in [2.45, 2.75) is 63.2 Å². The van der Waals surface area contributed by atoms with Crippen LogP contribution in [0.15, 0.2) is 54.9 Å². The van der Waals surface area contributed by atoms with Crippen molar-refractivity contribution in [1.82, 2.24) is 30.0 Å². The lowest BCUT2D eigenvalue weighted by Crippen LogP contribution is -2.52. The number of alkyl halides is 1. The molecule has 0 bridgehead atoms. The SMILES string of the molecule is COCC(Cc1ccccc1)NC(=O)[C@@H]1C[C@H](C)[C@@H](I)N1C(=O)Cn1nc(C(C)=O)c2cc(-c3cnc(C)nc3)cc(C)c21. The molecular formula is C33H37IN6O4. The highest BCUT2D eigenvalue weighted by atomic mass is 127. The zero-order valence-electron chi connectivity index (χ0n) is 25.6. The topological polar surface area (TPSA) is 119 Å². The number of aromatic nitrogens is 4. The molecular weight excluding hydrogens is 671 g/mol. The normalized spacial score (nSPS) is 18.9. The van der Waals surface area contributed by atoms with Crippen LogP contribution in [0.4, 0.5) is 0 Å². The Morgan fingerprint density at radius 1 is 1.09 bits per heavy atom. The van der Waals surface area contributed by atoms with Crippen molar-refractivity contribution in [2.75, 3.05) is 13.7 Å². The molecule has 4 atom stereocenters. The van der Waals surface area contributed by atoms with Crippen molar-refractivity contribution in [3.63, 3.8) is 0 Å². The first-order valence-electron chi connectivity index (χ1n) is 14.7. The van der Waals surface area contributed by atoms with Crippen LogP contribution in [-0.2, 0) is 27.3 Å². The first-order chi connectivity index (χ1) is 21.1. The van der Waals surface area contributed by atoms with E-state index in [4.69, 9.17) is 4.74 Å². The van der Waals surface area contributed by atoms with E-state index in [0.717, 1.165) is 22.3 Å². The summed E-state index contributed by atoms with van der Waals surface area (Å²) < 4.78 is 6.84. The molecule has 2 aromatic carbocycles. The van der Waals surface area contributed by atoms with Gasteiger partial charge in [-0.05, 0) is 61.4 Å². The number of nitrogens with zero attached hydrogens (tertiary/aromatic N) is 5. The van der Waals surface area contributed by atoms with Crippen LogP contribution >= 0.6 is 22.6 Å². The van der Waals surface area contributed by atoms with Gasteiger partial charge >= 0.3 is 0 Å². The number of fused-ring (bicyclic) bond motifs is 1. The smallest absolute Gasteiger partial charge is 0.245 e. The number of amides is 2. The second kappa shape index (κ2) is 13.5. The summed E-state index contributed by atoms with van der Waals surface area (Å²) in [6.07, 6.45) is 4.67. The first-order valence-corrected chi connectivity index (χ1v) is 15.9. The van der Waals surface area contributed by atoms with Crippen molar-refractivity contribution >= 4 is 51.1 Å². The predicted molar refractivity (Wildman–Crippen MR) is 176 cm³/mol. The molecule has 0 spiro atoms. The molecule has 11 heteroatoms. The molecule has 5 rings (SSSR count). The number of hydrogen-bond acceptors (Lipinski definition) is 7. The maximum atomic E-state index is 14.0. The van der Waals surface area contributed by atoms with E-state index in [1.54, 1.807) is 29.1 Å². The van der Waals surface area contributed by atoms with Gasteiger partial charge < -0.3 is 15.0 Å². The molecule has 0 saturated carbocycles. The van der Waals surface area contributed by atoms with Gasteiger partial charge in [0.05, 0.1) is 22.2 Å². The molecule has 1 aliphatic rings. The number of rotatable bonds is 10. The number of ether oxygens (including phenoxy) is 1. The fourth-order valence-electron chi connectivity index (χ4n) is 5.94. The van der Waals surface area contributed by atoms with E-state index in [1.807, 2.05) is 56.3 Å². The lowest BCUT2D eigenvalue weighted by atomic mass is 10.0. The number of likely N-dealkylation sites (tertiary alicyclic amines) is 1. The maximum absolute atomic E-state index is 14.0. The molecule has 1 fully saturated rings. The highest BCUT2D eigenvalue weighted by molar-refractivity contribution is 14.1. The zero-order chi connectivity index (χ0) is 31.5. The van der Waals surface area contributed by atoms with E-state index in [1.165, 1.54) is 6.92 Å². The average molecular weight is 709 g/mol. The van der Waals surface area contributed by atoms with Gasteiger partial charge in [-0.3, -0.25) is 19.1 Å². The second-order valence-corrected chi connectivity index (χ2v) is 12.8. The van der Waals surface area contributed by atoms with Gasteiger partial charge in [0.2, 0.25) is 11.8 Å². The Bertz CT molecular complexity index is 1670. The van der Waals surface area contributed by atoms with Gasteiger partial charge in [0.15, 0.2) is 5.78 Å². The fraction of sp³-hybridized carbons (Fsp3) is 0.394. The molecule has 10 nitrogen and oxygen atoms in total. The van der Waals surface area contributed by atoms with Crippen molar-refractivity contribution in [1.29, 1.82) is 0 Å². The molecule has 1 unspecified atom stereocenters. The maximum Gasteiger partial charge on any atom is 0.245 e. The largest absolute Gasteiger partial charge is 0.383 e. The van der Waals surface area contributed by atoms with Crippen LogP contribution in [0.3, 0.4) is 0 Å². The molecule has 2 aromatic heterocycles. The number of ketones is 1. The number of carbonyl (C=O) groups is 3. The lowest BCUT2D eigenvalue weighted by molar-refractivity contribution is -0.139. The number of methoxy groups -OCH3 is 1. The van der Waals surface area contributed by atoms with Crippen LogP contribution in [0.2, 0.25) is 0 Å². The average Bonchev–Trinajstić information content (AvgIpc) is 3.51. The van der Waals surface area contributed by atoms with E-state index in [0.29, 0.717) is 41.9 Å². The lowest BCUT2D eigenvalue weighted by Gasteiger charge is -2.29. The Kier molecular flexibility index (Phi) is 9.74. The number of hydrogen-bond donors (Lipinski definition) is 1. The summed E-state index contributed by atoms with van der Waals surface area (Å²) in [6.45, 7) is 7.54. The van der Waals surface area contributed by atoms with Gasteiger partial charge in [-0.2, -0.15) is 5.10 Å². The fourth-order valence-corrected chi connectivity index (χ4v) is 6.93. The summed E-state index contributed by atoms with van der Waals surface area (Å²) in [4.78, 5) is 50.7. The van der Waals surface area contributed by atoms with E-state index < -0.39 is 6.04 Å². The summed E-state index contributed by atoms with van der Waals surface area (Å²) >= 11 is 2.25. The van der Waals surface area contributed by atoms with E-state index in [-0.39, 0.29) is 40.2 Å². The Morgan fingerprint density at radius 2 is 1.80 bits per heavy atom. The van der Waals surface area contributed by atoms with Gasteiger partial charge in [0, 0.05) is 37.4 Å². The Hall–Kier alpha value is -3.71. The minimum absolute atomic E-state index is 0.0981. The highest BCUT2D eigenvalue weighted by Gasteiger charge is 2.44. The summed E-state index contributed by atoms with van der Waals surface area (Å²) in [5.41, 5.74) is 4.65. The first kappa shape index (κ1) is 31.7. The minimum Gasteiger partial charge on any atom is -0.383 e. The molecule has 2 amide bonds. The molecule has 1 aliphatic heterocycles. The number of carbonyl (C=O) groups excluding carboxylic acids is 3. The summed E-state index contributed by atoms with van der Waals surface area (Å²) in [5, 5.41) is 8.42. The summed E-state index contributed by atoms with van der Waals surface area (Å²) in [7, 11) is 1.61. The molecule has 230 valence electrons. The quantitative estimate of drug-likeness (QED) is 0.110. The third-order valence-corrected chi connectivity index (χ3v) is 9.89. The molecule has 4 aromatic rings. The Morgan fingerprint density at radius 3 is 2.45 bits per heavy atom. The van der Waals surface area contributed by atoms with E-state index in [9.17, 15) is 14.4 Å². The Balaban J connectivity index is 1.41. The predicted octanol–water partition coefficient (Wildman–Crippen LogP) is 4.68. The van der Waals surface area contributed by atoms with Gasteiger partial charge in [-0.1, -0.05) is 59.8 Å². The van der Waals surface area contributed by atoms with Crippen LogP contribution in [0.1, 0.15) is 47.7 Å². The van der Waals surface area contributed by atoms with Gasteiger partial charge in [0.1, 0.15) is 24.1 Å². The highest BCUT2D eigenvalue weighted by Crippen LogP contribution is 2.35. The molecule has 3 heterocycles. The second-order valence-electron chi connectivity index (χ2n) is 11.5. The van der Waals surface area contributed by atoms with Crippen LogP contribution < -0.4 is 5.32 Å². The van der Waals surface area contributed by atoms with Crippen molar-refractivity contribution < 1.29 is 19.1 Å². The van der Waals surface area contributed by atoms with E-state index >= 15 is 0 Å². The summed E-state index contributed by atoms with van der Waals surface area (Å²) in [5.74, 6) is 0.172. The minimum atomic E-state index is -0.627. The van der Waals surface area contributed by atoms with E-state index in [2.05, 4.69) is 49.9 Å². The summed E-state index contributed by atoms with van der Waals surface area (Å²) in [6, 6.07) is 13.0. The van der Waals surface area contributed by atoms with Crippen molar-refractivity contribution in [3.05, 3.63) is 77.5 Å². The number of halogens is 1. The third kappa shape index (κ3) is 6.68. The number of nitrogens with one attached hydrogen (secondary N) is 1. The van der Waals surface area contributed by atoms with Crippen LogP contribution in [0.25, 0.3) is 22.0 Å². The molecule has 0 aliphatic carbocycles. The molecule has 0 radical (unpaired) electrons. The van der Waals surface area contributed by atoms with Gasteiger partial charge in [0.25, 0.3) is 0 Å². The zero-order valence-corrected chi connectivity index (χ0v) is 27.7.